The van der Waals surface area contributed by atoms with Crippen LogP contribution in [0.4, 0.5) is 0 Å². The first-order chi connectivity index (χ1) is 14.1. The van der Waals surface area contributed by atoms with Crippen molar-refractivity contribution in [3.05, 3.63) is 65.4 Å². The topological polar surface area (TPSA) is 73.9 Å². The van der Waals surface area contributed by atoms with Crippen molar-refractivity contribution in [2.75, 3.05) is 20.3 Å². The lowest BCUT2D eigenvalue weighted by Gasteiger charge is -2.10. The molecule has 6 nitrogen and oxygen atoms in total. The Kier molecular flexibility index (Phi) is 8.76. The van der Waals surface area contributed by atoms with Gasteiger partial charge in [0.1, 0.15) is 17.2 Å². The molecule has 0 spiro atoms. The van der Waals surface area contributed by atoms with Gasteiger partial charge in [0.15, 0.2) is 0 Å². The molecular weight excluding hydrogens is 370 g/mol. The van der Waals surface area contributed by atoms with Gasteiger partial charge in [-0.1, -0.05) is 25.5 Å². The molecule has 0 aromatic heterocycles. The Morgan fingerprint density at radius 2 is 1.62 bits per heavy atom. The Labute approximate surface area is 171 Å². The average molecular weight is 397 g/mol. The van der Waals surface area contributed by atoms with Crippen molar-refractivity contribution < 1.29 is 23.8 Å². The second kappa shape index (κ2) is 11.5. The maximum absolute atomic E-state index is 12.6. The molecule has 2 aromatic rings. The minimum absolute atomic E-state index is 0.0605. The van der Waals surface area contributed by atoms with Crippen molar-refractivity contribution >= 4 is 18.0 Å². The second-order valence-electron chi connectivity index (χ2n) is 6.23. The van der Waals surface area contributed by atoms with Crippen molar-refractivity contribution in [3.8, 4) is 11.5 Å². The summed E-state index contributed by atoms with van der Waals surface area (Å²) in [5.41, 5.74) is 1.21. The molecule has 0 radical (unpaired) electrons. The highest BCUT2D eigenvalue weighted by Crippen LogP contribution is 2.16. The van der Waals surface area contributed by atoms with Gasteiger partial charge in [0.2, 0.25) is 0 Å². The van der Waals surface area contributed by atoms with Gasteiger partial charge >= 0.3 is 5.97 Å². The van der Waals surface area contributed by atoms with E-state index in [1.807, 2.05) is 0 Å². The number of carbonyl (C=O) groups is 2. The van der Waals surface area contributed by atoms with Crippen LogP contribution in [0, 0.1) is 0 Å². The monoisotopic (exact) mass is 397 g/mol. The molecule has 2 aromatic carbocycles. The molecule has 0 atom stereocenters. The molecule has 0 unspecified atom stereocenters. The zero-order valence-electron chi connectivity index (χ0n) is 17.1. The first kappa shape index (κ1) is 22.0. The van der Waals surface area contributed by atoms with E-state index in [2.05, 4.69) is 12.2 Å². The van der Waals surface area contributed by atoms with Crippen LogP contribution in [0.5, 0.6) is 11.5 Å². The van der Waals surface area contributed by atoms with Crippen LogP contribution in [0.3, 0.4) is 0 Å². The second-order valence-corrected chi connectivity index (χ2v) is 6.23. The molecular formula is C23H27NO5. The molecule has 0 saturated heterocycles. The molecule has 0 heterocycles. The van der Waals surface area contributed by atoms with Crippen LogP contribution < -0.4 is 14.8 Å². The number of ether oxygens (including phenoxy) is 3. The molecule has 2 rings (SSSR count). The van der Waals surface area contributed by atoms with Crippen molar-refractivity contribution in [2.45, 2.75) is 26.7 Å². The van der Waals surface area contributed by atoms with Crippen LogP contribution in [-0.4, -0.2) is 32.2 Å². The largest absolute Gasteiger partial charge is 0.497 e. The Morgan fingerprint density at radius 1 is 0.966 bits per heavy atom. The summed E-state index contributed by atoms with van der Waals surface area (Å²) in [6.45, 7) is 4.65. The van der Waals surface area contributed by atoms with Gasteiger partial charge in [-0.2, -0.15) is 0 Å². The molecule has 154 valence electrons. The number of carbonyl (C=O) groups excluding carboxylic acids is 2. The summed E-state index contributed by atoms with van der Waals surface area (Å²) in [4.78, 5) is 24.9. The Hall–Kier alpha value is -3.28. The van der Waals surface area contributed by atoms with Gasteiger partial charge in [-0.05, 0) is 61.4 Å². The summed E-state index contributed by atoms with van der Waals surface area (Å²) < 4.78 is 15.8. The first-order valence-corrected chi connectivity index (χ1v) is 9.64. The molecule has 0 bridgehead atoms. The van der Waals surface area contributed by atoms with Crippen LogP contribution >= 0.6 is 0 Å². The fourth-order valence-electron chi connectivity index (χ4n) is 2.45. The molecule has 29 heavy (non-hydrogen) atoms. The van der Waals surface area contributed by atoms with E-state index in [1.165, 1.54) is 0 Å². The zero-order chi connectivity index (χ0) is 21.1. The third kappa shape index (κ3) is 6.99. The number of rotatable bonds is 10. The minimum Gasteiger partial charge on any atom is -0.497 e. The van der Waals surface area contributed by atoms with Crippen LogP contribution in [0.2, 0.25) is 0 Å². The van der Waals surface area contributed by atoms with E-state index < -0.39 is 11.9 Å². The zero-order valence-corrected chi connectivity index (χ0v) is 17.1. The highest BCUT2D eigenvalue weighted by molar-refractivity contribution is 6.03. The molecule has 1 amide bonds. The average Bonchev–Trinajstić information content (AvgIpc) is 2.74. The molecule has 0 fully saturated rings. The minimum atomic E-state index is -0.601. The lowest BCUT2D eigenvalue weighted by Crippen LogP contribution is -2.28. The highest BCUT2D eigenvalue weighted by atomic mass is 16.5. The maximum atomic E-state index is 12.6. The number of benzene rings is 2. The van der Waals surface area contributed by atoms with Crippen LogP contribution in [0.15, 0.2) is 54.2 Å². The molecule has 1 N–H and O–H groups in total. The Bertz CT molecular complexity index is 825. The van der Waals surface area contributed by atoms with E-state index in [4.69, 9.17) is 14.2 Å². The van der Waals surface area contributed by atoms with E-state index in [9.17, 15) is 9.59 Å². The SMILES string of the molecule is CCCCOc1ccc(C(=O)NC(=Cc2ccc(OC)cc2)C(=O)OCC)cc1. The normalized spacial score (nSPS) is 10.9. The fourth-order valence-corrected chi connectivity index (χ4v) is 2.45. The van der Waals surface area contributed by atoms with Gasteiger partial charge in [0.25, 0.3) is 5.91 Å². The van der Waals surface area contributed by atoms with Crippen molar-refractivity contribution in [3.63, 3.8) is 0 Å². The fraction of sp³-hybridized carbons (Fsp3) is 0.304. The summed E-state index contributed by atoms with van der Waals surface area (Å²) in [6, 6.07) is 13.9. The first-order valence-electron chi connectivity index (χ1n) is 9.64. The Morgan fingerprint density at radius 3 is 2.21 bits per heavy atom. The summed E-state index contributed by atoms with van der Waals surface area (Å²) >= 11 is 0. The van der Waals surface area contributed by atoms with Crippen LogP contribution in [0.1, 0.15) is 42.6 Å². The predicted octanol–water partition coefficient (Wildman–Crippen LogP) is 4.21. The van der Waals surface area contributed by atoms with Crippen molar-refractivity contribution in [1.82, 2.24) is 5.32 Å². The lowest BCUT2D eigenvalue weighted by molar-refractivity contribution is -0.138. The molecule has 0 saturated carbocycles. The number of nitrogens with one attached hydrogen (secondary N) is 1. The third-order valence-corrected chi connectivity index (χ3v) is 4.05. The van der Waals surface area contributed by atoms with E-state index in [0.29, 0.717) is 23.7 Å². The number of methoxy groups -OCH3 is 1. The van der Waals surface area contributed by atoms with Gasteiger partial charge in [-0.3, -0.25) is 4.79 Å². The number of hydrogen-bond acceptors (Lipinski definition) is 5. The van der Waals surface area contributed by atoms with Crippen molar-refractivity contribution in [2.24, 2.45) is 0 Å². The standard InChI is InChI=1S/C23H27NO5/c1-4-6-15-29-20-13-9-18(10-14-20)22(25)24-21(23(26)28-5-2)16-17-7-11-19(27-3)12-8-17/h7-14,16H,4-6,15H2,1-3H3,(H,24,25). The van der Waals surface area contributed by atoms with Gasteiger partial charge in [0, 0.05) is 5.56 Å². The molecule has 6 heteroatoms. The molecule has 0 aliphatic carbocycles. The van der Waals surface area contributed by atoms with Gasteiger partial charge in [-0.25, -0.2) is 4.79 Å². The lowest BCUT2D eigenvalue weighted by atomic mass is 10.1. The Balaban J connectivity index is 2.13. The summed E-state index contributed by atoms with van der Waals surface area (Å²) in [7, 11) is 1.58. The van der Waals surface area contributed by atoms with E-state index in [0.717, 1.165) is 18.4 Å². The smallest absolute Gasteiger partial charge is 0.354 e. The number of hydrogen-bond donors (Lipinski definition) is 1. The highest BCUT2D eigenvalue weighted by Gasteiger charge is 2.16. The third-order valence-electron chi connectivity index (χ3n) is 4.05. The van der Waals surface area contributed by atoms with Gasteiger partial charge in [0.05, 0.1) is 20.3 Å². The van der Waals surface area contributed by atoms with Gasteiger partial charge < -0.3 is 19.5 Å². The quantitative estimate of drug-likeness (QED) is 0.369. The number of esters is 1. The summed E-state index contributed by atoms with van der Waals surface area (Å²) in [5, 5.41) is 2.64. The number of unbranched alkanes of at least 4 members (excludes halogenated alkanes) is 1. The predicted molar refractivity (Wildman–Crippen MR) is 112 cm³/mol. The van der Waals surface area contributed by atoms with E-state index in [-0.39, 0.29) is 12.3 Å². The van der Waals surface area contributed by atoms with Crippen molar-refractivity contribution in [1.29, 1.82) is 0 Å². The van der Waals surface area contributed by atoms with E-state index in [1.54, 1.807) is 68.6 Å². The van der Waals surface area contributed by atoms with E-state index >= 15 is 0 Å². The summed E-state index contributed by atoms with van der Waals surface area (Å²) in [6.07, 6.45) is 3.59. The molecule has 0 aliphatic rings. The summed E-state index contributed by atoms with van der Waals surface area (Å²) in [5.74, 6) is 0.397. The van der Waals surface area contributed by atoms with Crippen LogP contribution in [0.25, 0.3) is 6.08 Å². The number of amides is 1. The van der Waals surface area contributed by atoms with Crippen LogP contribution in [-0.2, 0) is 9.53 Å². The molecule has 0 aliphatic heterocycles. The van der Waals surface area contributed by atoms with Gasteiger partial charge in [-0.15, -0.1) is 0 Å². The maximum Gasteiger partial charge on any atom is 0.354 e.